The second-order valence-corrected chi connectivity index (χ2v) is 4.27. The second-order valence-electron chi connectivity index (χ2n) is 4.27. The zero-order valence-electron chi connectivity index (χ0n) is 10.0. The van der Waals surface area contributed by atoms with E-state index in [1.807, 2.05) is 6.07 Å². The fourth-order valence-electron chi connectivity index (χ4n) is 2.06. The molecule has 0 atom stereocenters. The lowest BCUT2D eigenvalue weighted by molar-refractivity contribution is 0.0995. The minimum absolute atomic E-state index is 0.222. The Kier molecular flexibility index (Phi) is 3.47. The van der Waals surface area contributed by atoms with E-state index in [4.69, 9.17) is 11.6 Å². The molecule has 0 bridgehead atoms. The zero-order chi connectivity index (χ0) is 13.1. The Morgan fingerprint density at radius 1 is 1.28 bits per heavy atom. The average molecular weight is 248 g/mol. The molecule has 1 heterocycles. The number of carbonyl (C=O) groups is 2. The average Bonchev–Trinajstić information content (AvgIpc) is 2.35. The normalized spacial score (nSPS) is 15.9. The van der Waals surface area contributed by atoms with Gasteiger partial charge in [0.1, 0.15) is 0 Å². The summed E-state index contributed by atoms with van der Waals surface area (Å²) in [5, 5.41) is 1.19. The maximum Gasteiger partial charge on any atom is 0.334 e. The van der Waals surface area contributed by atoms with Gasteiger partial charge in [0.25, 0.3) is 0 Å². The van der Waals surface area contributed by atoms with Gasteiger partial charge in [-0.25, -0.2) is 10.6 Å². The molecule has 0 saturated carbocycles. The van der Waals surface area contributed by atoms with Crippen molar-refractivity contribution in [3.8, 4) is 0 Å². The number of rotatable bonds is 3. The highest BCUT2D eigenvalue weighted by atomic mass is 16.2. The Labute approximate surface area is 105 Å². The van der Waals surface area contributed by atoms with E-state index >= 15 is 0 Å². The highest BCUT2D eigenvalue weighted by molar-refractivity contribution is 5.94. The molecular formula is C12H16N4O2. The van der Waals surface area contributed by atoms with Gasteiger partial charge in [-0.15, -0.1) is 0 Å². The van der Waals surface area contributed by atoms with Crippen molar-refractivity contribution in [2.75, 3.05) is 13.1 Å². The van der Waals surface area contributed by atoms with Crippen LogP contribution in [0.15, 0.2) is 24.3 Å². The number of nitrogens with zero attached hydrogens (tertiary/aromatic N) is 2. The predicted octanol–water partition coefficient (Wildman–Crippen LogP) is 0.287. The van der Waals surface area contributed by atoms with Crippen LogP contribution in [0.3, 0.4) is 0 Å². The molecule has 2 rings (SSSR count). The van der Waals surface area contributed by atoms with Crippen LogP contribution in [0, 0.1) is 0 Å². The lowest BCUT2D eigenvalue weighted by atomic mass is 10.1. The summed E-state index contributed by atoms with van der Waals surface area (Å²) >= 11 is 0. The van der Waals surface area contributed by atoms with Crippen molar-refractivity contribution in [1.29, 1.82) is 0 Å². The van der Waals surface area contributed by atoms with Crippen LogP contribution in [0.4, 0.5) is 4.79 Å². The number of primary amides is 1. The molecule has 3 amide bonds. The van der Waals surface area contributed by atoms with E-state index in [2.05, 4.69) is 0 Å². The standard InChI is InChI=1S/C12H16N4O2/c13-11(17)10-5-2-1-4-9(10)8-15-6-3-7-16(14)12(15)18/h1-2,4-5H,3,6-8,14H2,(H2,13,17). The minimum atomic E-state index is -0.486. The summed E-state index contributed by atoms with van der Waals surface area (Å²) in [5.41, 5.74) is 6.49. The van der Waals surface area contributed by atoms with Crippen LogP contribution in [0.25, 0.3) is 0 Å². The van der Waals surface area contributed by atoms with Gasteiger partial charge >= 0.3 is 6.03 Å². The number of hydrogen-bond donors (Lipinski definition) is 2. The minimum Gasteiger partial charge on any atom is -0.366 e. The smallest absolute Gasteiger partial charge is 0.334 e. The zero-order valence-corrected chi connectivity index (χ0v) is 10.0. The van der Waals surface area contributed by atoms with Gasteiger partial charge in [0.15, 0.2) is 0 Å². The molecule has 4 N–H and O–H groups in total. The third-order valence-electron chi connectivity index (χ3n) is 2.99. The molecule has 1 aliphatic rings. The summed E-state index contributed by atoms with van der Waals surface area (Å²) in [5.74, 6) is 5.08. The van der Waals surface area contributed by atoms with Gasteiger partial charge in [-0.1, -0.05) is 18.2 Å². The first kappa shape index (κ1) is 12.4. The van der Waals surface area contributed by atoms with Crippen LogP contribution in [0.5, 0.6) is 0 Å². The van der Waals surface area contributed by atoms with Gasteiger partial charge in [-0.3, -0.25) is 9.80 Å². The Hall–Kier alpha value is -2.08. The van der Waals surface area contributed by atoms with Gasteiger partial charge in [-0.05, 0) is 18.1 Å². The third kappa shape index (κ3) is 2.43. The quantitative estimate of drug-likeness (QED) is 0.594. The maximum absolute atomic E-state index is 11.8. The number of urea groups is 1. The highest BCUT2D eigenvalue weighted by Gasteiger charge is 2.24. The van der Waals surface area contributed by atoms with Crippen molar-refractivity contribution in [1.82, 2.24) is 9.91 Å². The number of benzene rings is 1. The molecule has 1 fully saturated rings. The van der Waals surface area contributed by atoms with E-state index in [9.17, 15) is 9.59 Å². The molecular weight excluding hydrogens is 232 g/mol. The molecule has 0 unspecified atom stereocenters. The van der Waals surface area contributed by atoms with E-state index in [0.29, 0.717) is 25.2 Å². The van der Waals surface area contributed by atoms with Crippen molar-refractivity contribution >= 4 is 11.9 Å². The van der Waals surface area contributed by atoms with E-state index in [1.54, 1.807) is 23.1 Å². The molecule has 0 aromatic heterocycles. The topological polar surface area (TPSA) is 92.7 Å². The molecule has 1 aromatic carbocycles. The van der Waals surface area contributed by atoms with Crippen molar-refractivity contribution in [3.63, 3.8) is 0 Å². The van der Waals surface area contributed by atoms with E-state index in [1.165, 1.54) is 5.01 Å². The van der Waals surface area contributed by atoms with Crippen molar-refractivity contribution in [2.45, 2.75) is 13.0 Å². The van der Waals surface area contributed by atoms with Crippen molar-refractivity contribution in [2.24, 2.45) is 11.6 Å². The first-order valence-electron chi connectivity index (χ1n) is 5.78. The summed E-state index contributed by atoms with van der Waals surface area (Å²) in [4.78, 5) is 24.7. The lowest BCUT2D eigenvalue weighted by Crippen LogP contribution is -2.52. The first-order chi connectivity index (χ1) is 8.59. The SMILES string of the molecule is NC(=O)c1ccccc1CN1CCCN(N)C1=O. The molecule has 6 heteroatoms. The first-order valence-corrected chi connectivity index (χ1v) is 5.78. The lowest BCUT2D eigenvalue weighted by Gasteiger charge is -2.33. The fourth-order valence-corrected chi connectivity index (χ4v) is 2.06. The van der Waals surface area contributed by atoms with Crippen LogP contribution in [-0.4, -0.2) is 34.9 Å². The van der Waals surface area contributed by atoms with Crippen LogP contribution >= 0.6 is 0 Å². The van der Waals surface area contributed by atoms with Crippen LogP contribution < -0.4 is 11.6 Å². The largest absolute Gasteiger partial charge is 0.366 e. The molecule has 96 valence electrons. The molecule has 1 aromatic rings. The molecule has 0 radical (unpaired) electrons. The van der Waals surface area contributed by atoms with Gasteiger partial charge < -0.3 is 10.6 Å². The summed E-state index contributed by atoms with van der Waals surface area (Å²) in [6.07, 6.45) is 0.820. The Bertz CT molecular complexity index is 475. The highest BCUT2D eigenvalue weighted by Crippen LogP contribution is 2.14. The molecule has 1 aliphatic heterocycles. The van der Waals surface area contributed by atoms with Crippen molar-refractivity contribution < 1.29 is 9.59 Å². The number of amides is 3. The molecule has 18 heavy (non-hydrogen) atoms. The predicted molar refractivity (Wildman–Crippen MR) is 66.3 cm³/mol. The number of nitrogens with two attached hydrogens (primary N) is 2. The summed E-state index contributed by atoms with van der Waals surface area (Å²) < 4.78 is 0. The van der Waals surface area contributed by atoms with Gasteiger partial charge in [0.05, 0.1) is 0 Å². The van der Waals surface area contributed by atoms with Gasteiger partial charge in [0.2, 0.25) is 5.91 Å². The Balaban J connectivity index is 2.18. The molecule has 0 spiro atoms. The van der Waals surface area contributed by atoms with E-state index in [0.717, 1.165) is 12.0 Å². The Morgan fingerprint density at radius 3 is 2.72 bits per heavy atom. The Morgan fingerprint density at radius 2 is 2.00 bits per heavy atom. The monoisotopic (exact) mass is 248 g/mol. The van der Waals surface area contributed by atoms with E-state index in [-0.39, 0.29) is 6.03 Å². The second kappa shape index (κ2) is 5.05. The number of hydrogen-bond acceptors (Lipinski definition) is 3. The fraction of sp³-hybridized carbons (Fsp3) is 0.333. The molecule has 1 saturated heterocycles. The third-order valence-corrected chi connectivity index (χ3v) is 2.99. The van der Waals surface area contributed by atoms with Gasteiger partial charge in [0, 0.05) is 25.2 Å². The van der Waals surface area contributed by atoms with Crippen LogP contribution in [0.1, 0.15) is 22.3 Å². The molecule has 0 aliphatic carbocycles. The van der Waals surface area contributed by atoms with Crippen LogP contribution in [0.2, 0.25) is 0 Å². The van der Waals surface area contributed by atoms with Crippen LogP contribution in [-0.2, 0) is 6.54 Å². The number of carbonyl (C=O) groups excluding carboxylic acids is 2. The van der Waals surface area contributed by atoms with Crippen molar-refractivity contribution in [3.05, 3.63) is 35.4 Å². The number of hydrazine groups is 1. The maximum atomic E-state index is 11.8. The summed E-state index contributed by atoms with van der Waals surface area (Å²) in [6.45, 7) is 1.55. The summed E-state index contributed by atoms with van der Waals surface area (Å²) in [6, 6.07) is 6.79. The van der Waals surface area contributed by atoms with E-state index < -0.39 is 5.91 Å². The van der Waals surface area contributed by atoms with Gasteiger partial charge in [-0.2, -0.15) is 0 Å². The summed E-state index contributed by atoms with van der Waals surface area (Å²) in [7, 11) is 0. The molecule has 6 nitrogen and oxygen atoms in total.